The van der Waals surface area contributed by atoms with Crippen molar-refractivity contribution in [2.45, 2.75) is 12.5 Å². The maximum atomic E-state index is 11.8. The van der Waals surface area contributed by atoms with E-state index in [0.29, 0.717) is 11.2 Å². The molecule has 0 spiro atoms. The van der Waals surface area contributed by atoms with Crippen LogP contribution in [0.15, 0.2) is 35.1 Å². The molecule has 0 atom stereocenters. The van der Waals surface area contributed by atoms with Gasteiger partial charge in [-0.25, -0.2) is 0 Å². The number of hydrogen-bond acceptors (Lipinski definition) is 4. The first kappa shape index (κ1) is 12.6. The summed E-state index contributed by atoms with van der Waals surface area (Å²) in [4.78, 5) is 14.5. The lowest BCUT2D eigenvalue weighted by molar-refractivity contribution is 0.147. The Morgan fingerprint density at radius 1 is 1.28 bits per heavy atom. The molecule has 0 radical (unpaired) electrons. The van der Waals surface area contributed by atoms with Gasteiger partial charge in [0.25, 0.3) is 5.56 Å². The predicted octanol–water partition coefficient (Wildman–Crippen LogP) is 0.683. The van der Waals surface area contributed by atoms with E-state index in [1.54, 1.807) is 25.1 Å². The van der Waals surface area contributed by atoms with Crippen LogP contribution in [-0.2, 0) is 0 Å². The fraction of sp³-hybridized carbons (Fsp3) is 0.308. The maximum Gasteiger partial charge on any atom is 0.257 e. The van der Waals surface area contributed by atoms with E-state index in [4.69, 9.17) is 0 Å². The molecule has 2 rings (SSSR count). The van der Waals surface area contributed by atoms with Crippen molar-refractivity contribution >= 4 is 16.6 Å². The smallest absolute Gasteiger partial charge is 0.257 e. The van der Waals surface area contributed by atoms with Crippen LogP contribution < -0.4 is 10.9 Å². The number of aromatic amines is 1. The van der Waals surface area contributed by atoms with Gasteiger partial charge in [-0.15, -0.1) is 0 Å². The van der Waals surface area contributed by atoms with Crippen LogP contribution >= 0.6 is 0 Å². The molecule has 5 heteroatoms. The zero-order chi connectivity index (χ0) is 13.2. The summed E-state index contributed by atoms with van der Waals surface area (Å²) in [6.45, 7) is 1.19. The first-order chi connectivity index (χ1) is 8.58. The van der Waals surface area contributed by atoms with E-state index in [0.717, 1.165) is 5.39 Å². The molecule has 0 aliphatic heterocycles. The Kier molecular flexibility index (Phi) is 3.36. The van der Waals surface area contributed by atoms with E-state index in [1.165, 1.54) is 0 Å². The van der Waals surface area contributed by atoms with Gasteiger partial charge < -0.3 is 20.5 Å². The number of aliphatic hydroxyl groups is 2. The first-order valence-electron chi connectivity index (χ1n) is 5.70. The molecule has 2 aromatic rings. The Morgan fingerprint density at radius 3 is 2.61 bits per heavy atom. The summed E-state index contributed by atoms with van der Waals surface area (Å²) in [5.74, 6) is 0.476. The van der Waals surface area contributed by atoms with Crippen molar-refractivity contribution in [3.8, 4) is 0 Å². The molecular formula is C13H16N2O3. The van der Waals surface area contributed by atoms with Crippen LogP contribution in [0.25, 0.3) is 10.8 Å². The zero-order valence-corrected chi connectivity index (χ0v) is 10.1. The van der Waals surface area contributed by atoms with Crippen LogP contribution in [0.2, 0.25) is 0 Å². The molecule has 0 saturated heterocycles. The van der Waals surface area contributed by atoms with Gasteiger partial charge in [-0.05, 0) is 24.4 Å². The lowest BCUT2D eigenvalue weighted by atomic mass is 10.1. The average Bonchev–Trinajstić information content (AvgIpc) is 2.38. The fourth-order valence-electron chi connectivity index (χ4n) is 1.73. The highest BCUT2D eigenvalue weighted by atomic mass is 16.3. The summed E-state index contributed by atoms with van der Waals surface area (Å²) < 4.78 is 0. The topological polar surface area (TPSA) is 85.3 Å². The number of aliphatic hydroxyl groups excluding tert-OH is 2. The van der Waals surface area contributed by atoms with E-state index in [2.05, 4.69) is 10.3 Å². The molecule has 96 valence electrons. The van der Waals surface area contributed by atoms with Gasteiger partial charge in [0.1, 0.15) is 5.82 Å². The molecule has 0 bridgehead atoms. The fourth-order valence-corrected chi connectivity index (χ4v) is 1.73. The third-order valence-electron chi connectivity index (χ3n) is 2.89. The van der Waals surface area contributed by atoms with Gasteiger partial charge in [0.2, 0.25) is 0 Å². The summed E-state index contributed by atoms with van der Waals surface area (Å²) in [6, 6.07) is 9.01. The number of pyridine rings is 1. The highest BCUT2D eigenvalue weighted by molar-refractivity contribution is 5.83. The molecule has 1 heterocycles. The van der Waals surface area contributed by atoms with Gasteiger partial charge in [-0.2, -0.15) is 0 Å². The second-order valence-corrected chi connectivity index (χ2v) is 4.60. The second-order valence-electron chi connectivity index (χ2n) is 4.60. The lowest BCUT2D eigenvalue weighted by Crippen LogP contribution is -2.43. The van der Waals surface area contributed by atoms with Crippen molar-refractivity contribution in [3.05, 3.63) is 40.7 Å². The molecule has 0 unspecified atom stereocenters. The normalized spacial score (nSPS) is 11.7. The van der Waals surface area contributed by atoms with Gasteiger partial charge in [-0.1, -0.05) is 18.2 Å². The largest absolute Gasteiger partial charge is 0.394 e. The second kappa shape index (κ2) is 4.80. The minimum Gasteiger partial charge on any atom is -0.394 e. The van der Waals surface area contributed by atoms with Crippen LogP contribution in [0.3, 0.4) is 0 Å². The minimum atomic E-state index is -0.870. The molecule has 1 aromatic heterocycles. The van der Waals surface area contributed by atoms with Crippen molar-refractivity contribution < 1.29 is 10.2 Å². The Balaban J connectivity index is 2.44. The number of benzene rings is 1. The number of fused-ring (bicyclic) bond motifs is 1. The monoisotopic (exact) mass is 248 g/mol. The summed E-state index contributed by atoms with van der Waals surface area (Å²) in [5, 5.41) is 22.8. The van der Waals surface area contributed by atoms with Crippen molar-refractivity contribution in [1.29, 1.82) is 0 Å². The quantitative estimate of drug-likeness (QED) is 0.641. The number of anilines is 1. The standard InChI is InChI=1S/C13H16N2O3/c1-13(7-16,8-17)15-11-6-9-4-2-3-5-10(9)12(18)14-11/h2-6,16-17H,7-8H2,1H3,(H2,14,15,18). The van der Waals surface area contributed by atoms with E-state index in [-0.39, 0.29) is 18.8 Å². The molecule has 0 amide bonds. The number of nitrogens with one attached hydrogen (secondary N) is 2. The van der Waals surface area contributed by atoms with Gasteiger partial charge in [0.05, 0.1) is 18.8 Å². The van der Waals surface area contributed by atoms with Crippen LogP contribution in [0, 0.1) is 0 Å². The van der Waals surface area contributed by atoms with Crippen LogP contribution in [0.4, 0.5) is 5.82 Å². The molecule has 0 saturated carbocycles. The van der Waals surface area contributed by atoms with Crippen LogP contribution in [0.5, 0.6) is 0 Å². The SMILES string of the molecule is CC(CO)(CO)Nc1cc2ccccc2c(=O)[nH]1. The third kappa shape index (κ3) is 2.37. The minimum absolute atomic E-state index is 0.200. The summed E-state index contributed by atoms with van der Waals surface area (Å²) in [7, 11) is 0. The Bertz CT molecular complexity index is 602. The highest BCUT2D eigenvalue weighted by Gasteiger charge is 2.22. The van der Waals surface area contributed by atoms with Crippen molar-refractivity contribution in [2.24, 2.45) is 0 Å². The van der Waals surface area contributed by atoms with E-state index in [1.807, 2.05) is 12.1 Å². The summed E-state index contributed by atoms with van der Waals surface area (Å²) >= 11 is 0. The molecular weight excluding hydrogens is 232 g/mol. The number of rotatable bonds is 4. The van der Waals surface area contributed by atoms with Crippen molar-refractivity contribution in [1.82, 2.24) is 4.98 Å². The molecule has 0 aliphatic carbocycles. The zero-order valence-electron chi connectivity index (χ0n) is 10.1. The Labute approximate surface area is 104 Å². The molecule has 18 heavy (non-hydrogen) atoms. The number of hydrogen-bond donors (Lipinski definition) is 4. The van der Waals surface area contributed by atoms with Crippen LogP contribution in [0.1, 0.15) is 6.92 Å². The van der Waals surface area contributed by atoms with Crippen molar-refractivity contribution in [2.75, 3.05) is 18.5 Å². The van der Waals surface area contributed by atoms with E-state index < -0.39 is 5.54 Å². The van der Waals surface area contributed by atoms with Gasteiger partial charge in [-0.3, -0.25) is 4.79 Å². The summed E-state index contributed by atoms with van der Waals surface area (Å²) in [6.07, 6.45) is 0. The highest BCUT2D eigenvalue weighted by Crippen LogP contribution is 2.16. The number of H-pyrrole nitrogens is 1. The molecule has 1 aromatic carbocycles. The lowest BCUT2D eigenvalue weighted by Gasteiger charge is -2.27. The molecule has 0 fully saturated rings. The number of aromatic nitrogens is 1. The average molecular weight is 248 g/mol. The Morgan fingerprint density at radius 2 is 1.94 bits per heavy atom. The Hall–Kier alpha value is -1.85. The summed E-state index contributed by atoms with van der Waals surface area (Å²) in [5.41, 5.74) is -1.07. The molecule has 0 aliphatic rings. The van der Waals surface area contributed by atoms with Gasteiger partial charge in [0.15, 0.2) is 0 Å². The van der Waals surface area contributed by atoms with E-state index >= 15 is 0 Å². The van der Waals surface area contributed by atoms with Gasteiger partial charge >= 0.3 is 0 Å². The van der Waals surface area contributed by atoms with E-state index in [9.17, 15) is 15.0 Å². The molecule has 5 nitrogen and oxygen atoms in total. The predicted molar refractivity (Wildman–Crippen MR) is 70.8 cm³/mol. The van der Waals surface area contributed by atoms with Crippen molar-refractivity contribution in [3.63, 3.8) is 0 Å². The van der Waals surface area contributed by atoms with Crippen LogP contribution in [-0.4, -0.2) is 33.9 Å². The third-order valence-corrected chi connectivity index (χ3v) is 2.89. The first-order valence-corrected chi connectivity index (χ1v) is 5.70. The van der Waals surface area contributed by atoms with Gasteiger partial charge in [0, 0.05) is 5.39 Å². The molecule has 4 N–H and O–H groups in total. The maximum absolute atomic E-state index is 11.8.